The van der Waals surface area contributed by atoms with E-state index in [1.54, 1.807) is 6.08 Å². The predicted molar refractivity (Wildman–Crippen MR) is 49.4 cm³/mol. The summed E-state index contributed by atoms with van der Waals surface area (Å²) in [6.07, 6.45) is 3.14. The number of rotatable bonds is 1. The normalized spacial score (nSPS) is 35.4. The van der Waals surface area contributed by atoms with Gasteiger partial charge in [0.1, 0.15) is 5.54 Å². The molecule has 0 heterocycles. The van der Waals surface area contributed by atoms with Crippen molar-refractivity contribution in [2.24, 2.45) is 11.7 Å². The molecular formula is C10H13NO3. The minimum absolute atomic E-state index is 0.150. The van der Waals surface area contributed by atoms with Crippen LogP contribution in [0, 0.1) is 5.92 Å². The number of nitrogens with two attached hydrogens (primary N) is 1. The minimum atomic E-state index is -0.897. The maximum atomic E-state index is 11.4. The van der Waals surface area contributed by atoms with E-state index < -0.39 is 5.54 Å². The van der Waals surface area contributed by atoms with Gasteiger partial charge in [-0.15, -0.1) is 0 Å². The molecule has 2 N–H and O–H groups in total. The van der Waals surface area contributed by atoms with E-state index in [0.717, 1.165) is 5.57 Å². The van der Waals surface area contributed by atoms with E-state index in [9.17, 15) is 9.59 Å². The van der Waals surface area contributed by atoms with E-state index in [2.05, 4.69) is 4.74 Å². The van der Waals surface area contributed by atoms with E-state index in [-0.39, 0.29) is 17.7 Å². The molecule has 14 heavy (non-hydrogen) atoms. The third kappa shape index (κ3) is 1.26. The van der Waals surface area contributed by atoms with Gasteiger partial charge in [-0.05, 0) is 24.8 Å². The molecule has 1 fully saturated rings. The van der Waals surface area contributed by atoms with Crippen LogP contribution in [0.25, 0.3) is 0 Å². The molecule has 0 aromatic rings. The van der Waals surface area contributed by atoms with E-state index >= 15 is 0 Å². The Bertz CT molecular complexity index is 334. The first-order valence-electron chi connectivity index (χ1n) is 4.66. The van der Waals surface area contributed by atoms with Crippen molar-refractivity contribution in [2.45, 2.75) is 24.8 Å². The van der Waals surface area contributed by atoms with E-state index in [4.69, 9.17) is 5.73 Å². The summed E-state index contributed by atoms with van der Waals surface area (Å²) < 4.78 is 4.65. The number of methoxy groups -OCH3 is 1. The number of allylic oxidation sites excluding steroid dienone is 1. The smallest absolute Gasteiger partial charge is 0.326 e. The van der Waals surface area contributed by atoms with Gasteiger partial charge in [0.25, 0.3) is 0 Å². The Balaban J connectivity index is 2.19. The fourth-order valence-corrected chi connectivity index (χ4v) is 2.39. The number of hydrogen-bond donors (Lipinski definition) is 1. The van der Waals surface area contributed by atoms with Crippen LogP contribution in [-0.4, -0.2) is 24.4 Å². The molecule has 1 saturated carbocycles. The van der Waals surface area contributed by atoms with Gasteiger partial charge in [0.05, 0.1) is 7.11 Å². The first kappa shape index (κ1) is 9.40. The van der Waals surface area contributed by atoms with Crippen molar-refractivity contribution in [1.82, 2.24) is 0 Å². The van der Waals surface area contributed by atoms with E-state index in [0.29, 0.717) is 19.3 Å². The number of ether oxygens (including phenoxy) is 1. The van der Waals surface area contributed by atoms with Crippen LogP contribution in [-0.2, 0) is 14.3 Å². The fraction of sp³-hybridized carbons (Fsp3) is 0.600. The van der Waals surface area contributed by atoms with Crippen LogP contribution in [0.15, 0.2) is 11.6 Å². The highest BCUT2D eigenvalue weighted by atomic mass is 16.5. The van der Waals surface area contributed by atoms with Crippen LogP contribution >= 0.6 is 0 Å². The summed E-state index contributed by atoms with van der Waals surface area (Å²) in [6, 6.07) is 0. The molecule has 76 valence electrons. The van der Waals surface area contributed by atoms with Crippen molar-refractivity contribution >= 4 is 11.8 Å². The zero-order valence-electron chi connectivity index (χ0n) is 8.08. The first-order valence-corrected chi connectivity index (χ1v) is 4.66. The minimum Gasteiger partial charge on any atom is -0.468 e. The molecule has 0 aliphatic heterocycles. The highest BCUT2D eigenvalue weighted by Gasteiger charge is 2.47. The molecule has 4 heteroatoms. The number of carbonyl (C=O) groups excluding carboxylic acids is 2. The SMILES string of the molecule is COC(=O)[C@@]1(N)CC2=CC(=O)C[C@H]2C1. The third-order valence-electron chi connectivity index (χ3n) is 3.04. The lowest BCUT2D eigenvalue weighted by Crippen LogP contribution is -2.46. The van der Waals surface area contributed by atoms with Crippen molar-refractivity contribution < 1.29 is 14.3 Å². The molecule has 0 saturated heterocycles. The van der Waals surface area contributed by atoms with Crippen molar-refractivity contribution in [3.05, 3.63) is 11.6 Å². The van der Waals surface area contributed by atoms with Crippen LogP contribution in [0.4, 0.5) is 0 Å². The fourth-order valence-electron chi connectivity index (χ4n) is 2.39. The highest BCUT2D eigenvalue weighted by molar-refractivity contribution is 5.95. The Morgan fingerprint density at radius 1 is 1.71 bits per heavy atom. The Morgan fingerprint density at radius 2 is 2.43 bits per heavy atom. The standard InChI is InChI=1S/C10H13NO3/c1-14-9(13)10(11)4-6-2-8(12)3-7(6)5-10/h2,7H,3-5,11H2,1H3/t7-,10+/m0/s1. The number of carbonyl (C=O) groups is 2. The third-order valence-corrected chi connectivity index (χ3v) is 3.04. The summed E-state index contributed by atoms with van der Waals surface area (Å²) in [6.45, 7) is 0. The number of hydrogen-bond acceptors (Lipinski definition) is 4. The van der Waals surface area contributed by atoms with Crippen molar-refractivity contribution in [3.8, 4) is 0 Å². The van der Waals surface area contributed by atoms with Crippen molar-refractivity contribution in [3.63, 3.8) is 0 Å². The lowest BCUT2D eigenvalue weighted by Gasteiger charge is -2.20. The summed E-state index contributed by atoms with van der Waals surface area (Å²) in [4.78, 5) is 22.5. The molecule has 0 unspecified atom stereocenters. The average Bonchev–Trinajstić information content (AvgIpc) is 2.57. The van der Waals surface area contributed by atoms with Gasteiger partial charge in [0.2, 0.25) is 0 Å². The Morgan fingerprint density at radius 3 is 3.00 bits per heavy atom. The number of esters is 1. The molecule has 0 radical (unpaired) electrons. The molecular weight excluding hydrogens is 182 g/mol. The van der Waals surface area contributed by atoms with Gasteiger partial charge >= 0.3 is 5.97 Å². The zero-order chi connectivity index (χ0) is 10.3. The van der Waals surface area contributed by atoms with Gasteiger partial charge < -0.3 is 10.5 Å². The van der Waals surface area contributed by atoms with Gasteiger partial charge in [-0.25, -0.2) is 0 Å². The van der Waals surface area contributed by atoms with Crippen LogP contribution in [0.3, 0.4) is 0 Å². The molecule has 4 nitrogen and oxygen atoms in total. The summed E-state index contributed by atoms with van der Waals surface area (Å²) in [5, 5.41) is 0. The molecule has 2 aliphatic rings. The van der Waals surface area contributed by atoms with Crippen molar-refractivity contribution in [2.75, 3.05) is 7.11 Å². The molecule has 0 bridgehead atoms. The summed E-state index contributed by atoms with van der Waals surface area (Å²) in [5.74, 6) is -0.0521. The van der Waals surface area contributed by atoms with Gasteiger partial charge in [0.15, 0.2) is 5.78 Å². The molecule has 0 aromatic heterocycles. The number of fused-ring (bicyclic) bond motifs is 1. The Kier molecular flexibility index (Phi) is 1.96. The molecule has 2 aliphatic carbocycles. The lowest BCUT2D eigenvalue weighted by molar-refractivity contribution is -0.147. The summed E-state index contributed by atoms with van der Waals surface area (Å²) in [5.41, 5.74) is 6.04. The van der Waals surface area contributed by atoms with Gasteiger partial charge in [-0.3, -0.25) is 9.59 Å². The van der Waals surface area contributed by atoms with Gasteiger partial charge in [0, 0.05) is 6.42 Å². The van der Waals surface area contributed by atoms with Gasteiger partial charge in [-0.2, -0.15) is 0 Å². The van der Waals surface area contributed by atoms with Gasteiger partial charge in [-0.1, -0.05) is 5.57 Å². The summed E-state index contributed by atoms with van der Waals surface area (Å²) in [7, 11) is 1.34. The molecule has 2 rings (SSSR count). The maximum absolute atomic E-state index is 11.4. The summed E-state index contributed by atoms with van der Waals surface area (Å²) >= 11 is 0. The van der Waals surface area contributed by atoms with Crippen LogP contribution in [0.2, 0.25) is 0 Å². The lowest BCUT2D eigenvalue weighted by atomic mass is 9.96. The highest BCUT2D eigenvalue weighted by Crippen LogP contribution is 2.43. The number of ketones is 1. The second-order valence-corrected chi connectivity index (χ2v) is 4.12. The Labute approximate surface area is 82.1 Å². The van der Waals surface area contributed by atoms with Crippen molar-refractivity contribution in [1.29, 1.82) is 0 Å². The van der Waals surface area contributed by atoms with Crippen LogP contribution < -0.4 is 5.73 Å². The first-order chi connectivity index (χ1) is 6.55. The molecule has 0 aromatic carbocycles. The quantitative estimate of drug-likeness (QED) is 0.605. The monoisotopic (exact) mass is 195 g/mol. The molecule has 0 spiro atoms. The average molecular weight is 195 g/mol. The second-order valence-electron chi connectivity index (χ2n) is 4.12. The Hall–Kier alpha value is -1.16. The largest absolute Gasteiger partial charge is 0.468 e. The van der Waals surface area contributed by atoms with Crippen LogP contribution in [0.5, 0.6) is 0 Å². The zero-order valence-corrected chi connectivity index (χ0v) is 8.08. The van der Waals surface area contributed by atoms with Crippen LogP contribution in [0.1, 0.15) is 19.3 Å². The molecule has 2 atom stereocenters. The molecule has 0 amide bonds. The van der Waals surface area contributed by atoms with E-state index in [1.807, 2.05) is 0 Å². The second kappa shape index (κ2) is 2.92. The maximum Gasteiger partial charge on any atom is 0.326 e. The predicted octanol–water partition coefficient (Wildman–Crippen LogP) is 0.166. The van der Waals surface area contributed by atoms with E-state index in [1.165, 1.54) is 7.11 Å². The topological polar surface area (TPSA) is 69.4 Å².